The predicted molar refractivity (Wildman–Crippen MR) is 140 cm³/mol. The molecule has 0 saturated heterocycles. The van der Waals surface area contributed by atoms with E-state index in [1.807, 2.05) is 6.07 Å². The monoisotopic (exact) mass is 475 g/mol. The fourth-order valence-corrected chi connectivity index (χ4v) is 4.82. The number of para-hydroxylation sites is 1. The number of fused-ring (bicyclic) bond motifs is 3. The molecule has 34 heavy (non-hydrogen) atoms. The normalized spacial score (nSPS) is 11.5. The second-order valence-corrected chi connectivity index (χ2v) is 10.3. The van der Waals surface area contributed by atoms with E-state index in [0.717, 1.165) is 60.2 Å². The average molecular weight is 476 g/mol. The lowest BCUT2D eigenvalue weighted by Gasteiger charge is -2.08. The van der Waals surface area contributed by atoms with Crippen LogP contribution in [0.15, 0.2) is 53.7 Å². The second kappa shape index (κ2) is 11.5. The zero-order chi connectivity index (χ0) is 23.9. The summed E-state index contributed by atoms with van der Waals surface area (Å²) in [6.45, 7) is 7.95. The highest BCUT2D eigenvalue weighted by Crippen LogP contribution is 2.28. The van der Waals surface area contributed by atoms with Gasteiger partial charge in [-0.05, 0) is 43.7 Å². The van der Waals surface area contributed by atoms with Gasteiger partial charge in [-0.25, -0.2) is 4.98 Å². The van der Waals surface area contributed by atoms with Crippen molar-refractivity contribution in [2.24, 2.45) is 5.92 Å². The Labute approximate surface area is 205 Å². The highest BCUT2D eigenvalue weighted by molar-refractivity contribution is 7.99. The number of amides is 1. The van der Waals surface area contributed by atoms with Crippen LogP contribution in [-0.2, 0) is 11.3 Å². The maximum atomic E-state index is 11.9. The SMILES string of the molecule is Cc1cccc(Cn2c3ccccc3c3nnc(SCCCCC(=O)NCCC(C)C)nc32)c1. The molecule has 0 aliphatic heterocycles. The minimum absolute atomic E-state index is 0.144. The number of carbonyl (C=O) groups is 1. The Kier molecular flexibility index (Phi) is 8.16. The van der Waals surface area contributed by atoms with E-state index in [2.05, 4.69) is 83.3 Å². The predicted octanol–water partition coefficient (Wildman–Crippen LogP) is 5.76. The van der Waals surface area contributed by atoms with Crippen LogP contribution in [0.3, 0.4) is 0 Å². The van der Waals surface area contributed by atoms with Gasteiger partial charge in [-0.1, -0.05) is 73.6 Å². The Morgan fingerprint density at radius 2 is 1.94 bits per heavy atom. The van der Waals surface area contributed by atoms with Crippen LogP contribution < -0.4 is 5.32 Å². The number of thioether (sulfide) groups is 1. The highest BCUT2D eigenvalue weighted by Gasteiger charge is 2.15. The third-order valence-electron chi connectivity index (χ3n) is 5.85. The molecule has 0 spiro atoms. The van der Waals surface area contributed by atoms with E-state index < -0.39 is 0 Å². The summed E-state index contributed by atoms with van der Waals surface area (Å²) in [5, 5.41) is 13.7. The van der Waals surface area contributed by atoms with Gasteiger partial charge in [0, 0.05) is 30.6 Å². The van der Waals surface area contributed by atoms with Gasteiger partial charge in [0.05, 0.1) is 5.52 Å². The van der Waals surface area contributed by atoms with Crippen molar-refractivity contribution in [3.8, 4) is 0 Å². The van der Waals surface area contributed by atoms with Crippen molar-refractivity contribution < 1.29 is 4.79 Å². The van der Waals surface area contributed by atoms with Gasteiger partial charge in [0.25, 0.3) is 0 Å². The van der Waals surface area contributed by atoms with Gasteiger partial charge in [0.1, 0.15) is 5.52 Å². The molecule has 178 valence electrons. The number of unbranched alkanes of at least 4 members (excludes halogenated alkanes) is 1. The summed E-state index contributed by atoms with van der Waals surface area (Å²) in [6.07, 6.45) is 3.40. The molecular weight excluding hydrogens is 442 g/mol. The molecule has 6 nitrogen and oxygen atoms in total. The quantitative estimate of drug-likeness (QED) is 0.220. The number of nitrogens with one attached hydrogen (secondary N) is 1. The van der Waals surface area contributed by atoms with Crippen molar-refractivity contribution in [1.29, 1.82) is 0 Å². The summed E-state index contributed by atoms with van der Waals surface area (Å²) in [5.74, 6) is 1.62. The van der Waals surface area contributed by atoms with Crippen molar-refractivity contribution in [1.82, 2.24) is 25.1 Å². The fourth-order valence-electron chi connectivity index (χ4n) is 4.04. The lowest BCUT2D eigenvalue weighted by Crippen LogP contribution is -2.24. The number of hydrogen-bond donors (Lipinski definition) is 1. The van der Waals surface area contributed by atoms with Crippen LogP contribution in [0.2, 0.25) is 0 Å². The molecule has 1 N–H and O–H groups in total. The van der Waals surface area contributed by atoms with Crippen molar-refractivity contribution >= 4 is 39.7 Å². The van der Waals surface area contributed by atoms with Gasteiger partial charge >= 0.3 is 0 Å². The van der Waals surface area contributed by atoms with E-state index in [4.69, 9.17) is 4.98 Å². The first kappa shape index (κ1) is 24.2. The third-order valence-corrected chi connectivity index (χ3v) is 6.77. The molecular formula is C27H33N5OS. The summed E-state index contributed by atoms with van der Waals surface area (Å²) < 4.78 is 2.24. The lowest BCUT2D eigenvalue weighted by atomic mass is 10.1. The van der Waals surface area contributed by atoms with Crippen molar-refractivity contribution in [3.05, 3.63) is 59.7 Å². The Balaban J connectivity index is 1.42. The zero-order valence-corrected chi connectivity index (χ0v) is 21.1. The lowest BCUT2D eigenvalue weighted by molar-refractivity contribution is -0.121. The van der Waals surface area contributed by atoms with Gasteiger partial charge in [-0.3, -0.25) is 4.79 Å². The minimum atomic E-state index is 0.144. The second-order valence-electron chi connectivity index (χ2n) is 9.20. The molecule has 1 amide bonds. The van der Waals surface area contributed by atoms with Crippen LogP contribution in [0.5, 0.6) is 0 Å². The zero-order valence-electron chi connectivity index (χ0n) is 20.3. The highest BCUT2D eigenvalue weighted by atomic mass is 32.2. The molecule has 2 aromatic heterocycles. The van der Waals surface area contributed by atoms with Gasteiger partial charge in [-0.15, -0.1) is 10.2 Å². The Hall–Kier alpha value is -2.93. The standard InChI is InChI=1S/C27H33N5OS/c1-19(2)14-15-28-24(33)13-6-7-16-34-27-29-26-25(30-31-27)22-11-4-5-12-23(22)32(26)18-21-10-8-9-20(3)17-21/h4-5,8-12,17,19H,6-7,13-16,18H2,1-3H3,(H,28,33). The van der Waals surface area contributed by atoms with E-state index in [1.165, 1.54) is 11.1 Å². The molecule has 4 aromatic rings. The van der Waals surface area contributed by atoms with E-state index in [9.17, 15) is 4.79 Å². The molecule has 0 aliphatic rings. The van der Waals surface area contributed by atoms with E-state index in [-0.39, 0.29) is 5.91 Å². The summed E-state index contributed by atoms with van der Waals surface area (Å²) in [5.41, 5.74) is 5.31. The molecule has 0 radical (unpaired) electrons. The largest absolute Gasteiger partial charge is 0.356 e. The van der Waals surface area contributed by atoms with Gasteiger partial charge in [0.15, 0.2) is 5.65 Å². The fraction of sp³-hybridized carbons (Fsp3) is 0.407. The molecule has 0 unspecified atom stereocenters. The van der Waals surface area contributed by atoms with Gasteiger partial charge in [-0.2, -0.15) is 0 Å². The third kappa shape index (κ3) is 6.14. The summed E-state index contributed by atoms with van der Waals surface area (Å²) in [6, 6.07) is 16.9. The number of hydrogen-bond acceptors (Lipinski definition) is 5. The molecule has 2 heterocycles. The van der Waals surface area contributed by atoms with E-state index in [0.29, 0.717) is 17.5 Å². The van der Waals surface area contributed by atoms with Crippen LogP contribution in [0.25, 0.3) is 22.1 Å². The number of nitrogens with zero attached hydrogens (tertiary/aromatic N) is 4. The van der Waals surface area contributed by atoms with Crippen molar-refractivity contribution in [2.45, 2.75) is 58.2 Å². The number of aromatic nitrogens is 4. The molecule has 0 fully saturated rings. The Bertz CT molecular complexity index is 1270. The number of benzene rings is 2. The summed E-state index contributed by atoms with van der Waals surface area (Å²) >= 11 is 1.61. The van der Waals surface area contributed by atoms with Crippen LogP contribution in [-0.4, -0.2) is 38.0 Å². The Morgan fingerprint density at radius 1 is 1.09 bits per heavy atom. The van der Waals surface area contributed by atoms with Crippen molar-refractivity contribution in [2.75, 3.05) is 12.3 Å². The first-order valence-electron chi connectivity index (χ1n) is 12.1. The smallest absolute Gasteiger partial charge is 0.219 e. The van der Waals surface area contributed by atoms with E-state index in [1.54, 1.807) is 11.8 Å². The van der Waals surface area contributed by atoms with E-state index >= 15 is 0 Å². The number of aryl methyl sites for hydroxylation is 1. The molecule has 0 bridgehead atoms. The number of carbonyl (C=O) groups excluding carboxylic acids is 1. The Morgan fingerprint density at radius 3 is 2.76 bits per heavy atom. The van der Waals surface area contributed by atoms with Gasteiger partial charge < -0.3 is 9.88 Å². The molecule has 0 saturated carbocycles. The first-order valence-corrected chi connectivity index (χ1v) is 13.1. The topological polar surface area (TPSA) is 72.7 Å². The van der Waals surface area contributed by atoms with Crippen LogP contribution in [0, 0.1) is 12.8 Å². The first-order chi connectivity index (χ1) is 16.5. The molecule has 7 heteroatoms. The van der Waals surface area contributed by atoms with Crippen LogP contribution in [0.4, 0.5) is 0 Å². The van der Waals surface area contributed by atoms with Crippen LogP contribution in [0.1, 0.15) is 50.7 Å². The van der Waals surface area contributed by atoms with Crippen molar-refractivity contribution in [3.63, 3.8) is 0 Å². The molecule has 0 atom stereocenters. The maximum Gasteiger partial charge on any atom is 0.219 e. The maximum absolute atomic E-state index is 11.9. The average Bonchev–Trinajstić information content (AvgIpc) is 3.12. The van der Waals surface area contributed by atoms with Crippen LogP contribution >= 0.6 is 11.8 Å². The number of rotatable bonds is 11. The van der Waals surface area contributed by atoms with Gasteiger partial charge in [0.2, 0.25) is 11.1 Å². The molecule has 4 rings (SSSR count). The summed E-state index contributed by atoms with van der Waals surface area (Å²) in [7, 11) is 0. The molecule has 2 aromatic carbocycles. The summed E-state index contributed by atoms with van der Waals surface area (Å²) in [4.78, 5) is 16.8. The minimum Gasteiger partial charge on any atom is -0.356 e. The molecule has 0 aliphatic carbocycles.